The van der Waals surface area contributed by atoms with Crippen LogP contribution in [0.4, 0.5) is 5.95 Å². The molecule has 0 aromatic carbocycles. The lowest BCUT2D eigenvalue weighted by Crippen LogP contribution is -2.30. The molecule has 0 saturated carbocycles. The minimum atomic E-state index is -4.75. The van der Waals surface area contributed by atoms with Crippen molar-refractivity contribution in [3.63, 3.8) is 0 Å². The number of nitrogens with one attached hydrogen (secondary N) is 1. The van der Waals surface area contributed by atoms with Crippen LogP contribution in [0.3, 0.4) is 0 Å². The molecule has 6 N–H and O–H groups in total. The molecule has 2 rings (SSSR count). The first-order chi connectivity index (χ1) is 13.2. The second kappa shape index (κ2) is 10.0. The number of ether oxygens (including phenoxy) is 3. The quantitative estimate of drug-likeness (QED) is 0.192. The first-order valence-electron chi connectivity index (χ1n) is 8.00. The number of nitrogens with two attached hydrogens (primary N) is 1. The average Bonchev–Trinajstić information content (AvgIpc) is 3.03. The second-order valence-electron chi connectivity index (χ2n) is 5.52. The molecule has 0 aliphatic carbocycles. The summed E-state index contributed by atoms with van der Waals surface area (Å²) >= 11 is 0. The fourth-order valence-electron chi connectivity index (χ4n) is 2.20. The summed E-state index contributed by atoms with van der Waals surface area (Å²) in [6.07, 6.45) is -0.803. The maximum atomic E-state index is 11.9. The fraction of sp³-hybridized carbons (Fsp3) is 0.615. The van der Waals surface area contributed by atoms with Gasteiger partial charge in [0.25, 0.3) is 5.56 Å². The number of nitrogen functional groups attached to an aromatic ring is 1. The summed E-state index contributed by atoms with van der Waals surface area (Å²) in [7, 11) is -3.25. The van der Waals surface area contributed by atoms with Crippen LogP contribution in [0, 0.1) is 0 Å². The summed E-state index contributed by atoms with van der Waals surface area (Å²) in [5, 5.41) is 9.45. The van der Waals surface area contributed by atoms with Gasteiger partial charge in [0.05, 0.1) is 39.4 Å². The highest BCUT2D eigenvalue weighted by Crippen LogP contribution is 2.36. The third kappa shape index (κ3) is 6.32. The van der Waals surface area contributed by atoms with Gasteiger partial charge in [-0.2, -0.15) is 4.98 Å². The zero-order valence-corrected chi connectivity index (χ0v) is 15.8. The van der Waals surface area contributed by atoms with Gasteiger partial charge in [-0.25, -0.2) is 9.55 Å². The first-order valence-corrected chi connectivity index (χ1v) is 9.53. The summed E-state index contributed by atoms with van der Waals surface area (Å²) in [5.41, 5.74) is 5.13. The number of imidazole rings is 1. The van der Waals surface area contributed by atoms with Gasteiger partial charge < -0.3 is 34.8 Å². The SMILES string of the molecule is COCCOC[C@@H](O[C@@H](CO)COP(=O)(O)O)n1cnc2c(=O)[nH]c(N)nc21. The van der Waals surface area contributed by atoms with Crippen LogP contribution >= 0.6 is 7.82 Å². The number of aliphatic hydroxyl groups is 1. The molecule has 0 saturated heterocycles. The van der Waals surface area contributed by atoms with Gasteiger partial charge in [-0.1, -0.05) is 0 Å². The highest BCUT2D eigenvalue weighted by Gasteiger charge is 2.24. The van der Waals surface area contributed by atoms with Gasteiger partial charge in [-0.15, -0.1) is 0 Å². The number of nitrogens with zero attached hydrogens (tertiary/aromatic N) is 3. The predicted molar refractivity (Wildman–Crippen MR) is 94.2 cm³/mol. The molecule has 2 aromatic rings. The van der Waals surface area contributed by atoms with Gasteiger partial charge in [0, 0.05) is 7.11 Å². The topological polar surface area (TPSA) is 204 Å². The molecule has 0 amide bonds. The van der Waals surface area contributed by atoms with Crippen molar-refractivity contribution in [3.8, 4) is 0 Å². The number of aliphatic hydroxyl groups excluding tert-OH is 1. The van der Waals surface area contributed by atoms with E-state index in [1.807, 2.05) is 0 Å². The predicted octanol–water partition coefficient (Wildman–Crippen LogP) is -1.65. The van der Waals surface area contributed by atoms with Crippen LogP contribution in [-0.4, -0.2) is 80.7 Å². The molecule has 14 nitrogen and oxygen atoms in total. The Labute approximate surface area is 158 Å². The molecule has 2 aromatic heterocycles. The highest BCUT2D eigenvalue weighted by molar-refractivity contribution is 7.46. The molecule has 2 heterocycles. The lowest BCUT2D eigenvalue weighted by molar-refractivity contribution is -0.122. The van der Waals surface area contributed by atoms with Gasteiger partial charge in [-0.05, 0) is 0 Å². The van der Waals surface area contributed by atoms with Crippen molar-refractivity contribution in [1.29, 1.82) is 0 Å². The van der Waals surface area contributed by atoms with Crippen molar-refractivity contribution in [2.75, 3.05) is 45.9 Å². The Bertz CT molecular complexity index is 866. The first kappa shape index (κ1) is 22.4. The average molecular weight is 423 g/mol. The summed E-state index contributed by atoms with van der Waals surface area (Å²) in [6, 6.07) is 0. The third-order valence-electron chi connectivity index (χ3n) is 3.43. The van der Waals surface area contributed by atoms with Crippen molar-refractivity contribution in [3.05, 3.63) is 16.7 Å². The van der Waals surface area contributed by atoms with E-state index in [0.29, 0.717) is 6.61 Å². The van der Waals surface area contributed by atoms with Crippen molar-refractivity contribution in [2.24, 2.45) is 0 Å². The number of hydrogen-bond donors (Lipinski definition) is 5. The normalized spacial score (nSPS) is 14.4. The summed E-state index contributed by atoms with van der Waals surface area (Å²) < 4.78 is 32.6. The Balaban J connectivity index is 2.26. The van der Waals surface area contributed by atoms with E-state index in [2.05, 4.69) is 19.5 Å². The van der Waals surface area contributed by atoms with Crippen LogP contribution < -0.4 is 11.3 Å². The highest BCUT2D eigenvalue weighted by atomic mass is 31.2. The summed E-state index contributed by atoms with van der Waals surface area (Å²) in [5.74, 6) is -0.137. The maximum Gasteiger partial charge on any atom is 0.469 e. The fourth-order valence-corrected chi connectivity index (χ4v) is 2.56. The lowest BCUT2D eigenvalue weighted by atomic mass is 10.4. The molecule has 0 spiro atoms. The molecule has 0 aliphatic rings. The van der Waals surface area contributed by atoms with Gasteiger partial charge >= 0.3 is 7.82 Å². The van der Waals surface area contributed by atoms with Crippen molar-refractivity contribution >= 4 is 24.9 Å². The molecule has 0 radical (unpaired) electrons. The number of rotatable bonds is 12. The van der Waals surface area contributed by atoms with E-state index < -0.39 is 38.9 Å². The molecule has 0 bridgehead atoms. The minimum absolute atomic E-state index is 0.00621. The Morgan fingerprint density at radius 2 is 2.11 bits per heavy atom. The van der Waals surface area contributed by atoms with Crippen LogP contribution in [0.15, 0.2) is 11.1 Å². The molecule has 0 unspecified atom stereocenters. The van der Waals surface area contributed by atoms with E-state index in [1.54, 1.807) is 0 Å². The van der Waals surface area contributed by atoms with Crippen LogP contribution in [0.25, 0.3) is 11.2 Å². The van der Waals surface area contributed by atoms with E-state index in [-0.39, 0.29) is 30.3 Å². The molecule has 2 atom stereocenters. The Morgan fingerprint density at radius 1 is 1.36 bits per heavy atom. The number of aromatic amines is 1. The van der Waals surface area contributed by atoms with Gasteiger partial charge in [0.15, 0.2) is 17.4 Å². The maximum absolute atomic E-state index is 11.9. The number of phosphoric ester groups is 1. The van der Waals surface area contributed by atoms with Crippen LogP contribution in [0.5, 0.6) is 0 Å². The molecule has 0 fully saturated rings. The number of aromatic nitrogens is 4. The van der Waals surface area contributed by atoms with Crippen LogP contribution in [0.2, 0.25) is 0 Å². The smallest absolute Gasteiger partial charge is 0.394 e. The number of phosphoric acid groups is 1. The van der Waals surface area contributed by atoms with Gasteiger partial charge in [0.1, 0.15) is 6.10 Å². The minimum Gasteiger partial charge on any atom is -0.394 e. The third-order valence-corrected chi connectivity index (χ3v) is 3.92. The molecule has 0 aliphatic heterocycles. The molecule has 158 valence electrons. The number of fused-ring (bicyclic) bond motifs is 1. The molecule has 15 heteroatoms. The summed E-state index contributed by atoms with van der Waals surface area (Å²) in [4.78, 5) is 39.9. The molecule has 28 heavy (non-hydrogen) atoms. The number of anilines is 1. The van der Waals surface area contributed by atoms with Gasteiger partial charge in [-0.3, -0.25) is 18.9 Å². The second-order valence-corrected chi connectivity index (χ2v) is 6.76. The van der Waals surface area contributed by atoms with E-state index in [1.165, 1.54) is 18.0 Å². The zero-order valence-electron chi connectivity index (χ0n) is 14.9. The Kier molecular flexibility index (Phi) is 8.03. The zero-order chi connectivity index (χ0) is 20.7. The summed E-state index contributed by atoms with van der Waals surface area (Å²) in [6.45, 7) is -0.722. The molecular weight excluding hydrogens is 401 g/mol. The van der Waals surface area contributed by atoms with Crippen LogP contribution in [0.1, 0.15) is 6.23 Å². The van der Waals surface area contributed by atoms with Crippen LogP contribution in [-0.2, 0) is 23.3 Å². The van der Waals surface area contributed by atoms with Crippen molar-refractivity contribution in [1.82, 2.24) is 19.5 Å². The van der Waals surface area contributed by atoms with E-state index in [0.717, 1.165) is 0 Å². The van der Waals surface area contributed by atoms with Crippen molar-refractivity contribution < 1.29 is 38.2 Å². The van der Waals surface area contributed by atoms with Crippen molar-refractivity contribution in [2.45, 2.75) is 12.3 Å². The number of methoxy groups -OCH3 is 1. The van der Waals surface area contributed by atoms with E-state index >= 15 is 0 Å². The largest absolute Gasteiger partial charge is 0.469 e. The molecular formula is C13H22N5O9P. The Hall–Kier alpha value is -1.90. The van der Waals surface area contributed by atoms with E-state index in [4.69, 9.17) is 29.7 Å². The van der Waals surface area contributed by atoms with E-state index in [9.17, 15) is 14.5 Å². The number of hydrogen-bond acceptors (Lipinski definition) is 10. The van der Waals surface area contributed by atoms with Gasteiger partial charge in [0.2, 0.25) is 5.95 Å². The lowest BCUT2D eigenvalue weighted by Gasteiger charge is -2.25. The standard InChI is InChI=1S/C13H22N5O9P/c1-24-2-3-25-6-9(27-8(4-19)5-26-28(21,22)23)18-7-15-10-11(18)16-13(14)17-12(10)20/h7-9,19H,2-6H2,1H3,(H2,21,22,23)(H3,14,16,17,20)/t8-,9+/m0/s1. The monoisotopic (exact) mass is 423 g/mol. The Morgan fingerprint density at radius 3 is 2.75 bits per heavy atom. The number of H-pyrrole nitrogens is 1.